The molecule has 0 N–H and O–H groups in total. The van der Waals surface area contributed by atoms with Crippen LogP contribution in [-0.4, -0.2) is 42.9 Å². The quantitative estimate of drug-likeness (QED) is 0.184. The number of nitrogens with zero attached hydrogens (tertiary/aromatic N) is 4. The molecule has 1 amide bonds. The normalized spacial score (nSPS) is 19.0. The Morgan fingerprint density at radius 3 is 2.54 bits per heavy atom. The van der Waals surface area contributed by atoms with Crippen molar-refractivity contribution in [3.8, 4) is 0 Å². The van der Waals surface area contributed by atoms with Gasteiger partial charge < -0.3 is 0 Å². The lowest BCUT2D eigenvalue weighted by atomic mass is 9.94. The summed E-state index contributed by atoms with van der Waals surface area (Å²) < 4.78 is 29.9. The van der Waals surface area contributed by atoms with E-state index >= 15 is 0 Å². The molecule has 1 aliphatic heterocycles. The molecule has 0 saturated carbocycles. The number of carbonyl (C=O) groups is 1. The van der Waals surface area contributed by atoms with Gasteiger partial charge in [-0.25, -0.2) is 13.4 Å². The Labute approximate surface area is 232 Å². The Bertz CT molecular complexity index is 1540. The van der Waals surface area contributed by atoms with E-state index in [0.29, 0.717) is 35.6 Å². The van der Waals surface area contributed by atoms with Crippen molar-refractivity contribution in [2.75, 3.05) is 18.1 Å². The molecule has 11 heteroatoms. The van der Waals surface area contributed by atoms with Crippen molar-refractivity contribution < 1.29 is 13.2 Å². The van der Waals surface area contributed by atoms with Crippen molar-refractivity contribution in [1.29, 1.82) is 0 Å². The number of sulfonamides is 1. The van der Waals surface area contributed by atoms with E-state index in [0.717, 1.165) is 26.0 Å². The monoisotopic (exact) mass is 616 g/mol. The summed E-state index contributed by atoms with van der Waals surface area (Å²) in [5.41, 5.74) is 1.09. The number of hydrogen-bond donors (Lipinski definition) is 0. The van der Waals surface area contributed by atoms with Crippen LogP contribution in [0, 0.1) is 11.8 Å². The van der Waals surface area contributed by atoms with Gasteiger partial charge in [-0.1, -0.05) is 47.2 Å². The van der Waals surface area contributed by atoms with Gasteiger partial charge in [-0.15, -0.1) is 11.3 Å². The standard InChI is InChI=1S/C26H25BrN4O3S3/c1-17-12-18(2)16-30(15-17)37(33,34)22-8-5-19(6-9-22)25(32)31(28-14-21-4-3-11-35-21)26-29-23-10-7-20(27)13-24(23)36-26/h3-11,13-14,17-18H,12,15-16H2,1-2H3/b28-14+. The van der Waals surface area contributed by atoms with E-state index in [9.17, 15) is 13.2 Å². The molecule has 0 aliphatic carbocycles. The zero-order valence-corrected chi connectivity index (χ0v) is 24.3. The molecule has 0 bridgehead atoms. The smallest absolute Gasteiger partial charge is 0.267 e. The number of hydrazone groups is 1. The van der Waals surface area contributed by atoms with E-state index in [1.165, 1.54) is 39.8 Å². The highest BCUT2D eigenvalue weighted by atomic mass is 79.9. The predicted molar refractivity (Wildman–Crippen MR) is 154 cm³/mol. The summed E-state index contributed by atoms with van der Waals surface area (Å²) in [5, 5.41) is 8.11. The van der Waals surface area contributed by atoms with Gasteiger partial charge in [0, 0.05) is 28.0 Å². The lowest BCUT2D eigenvalue weighted by Gasteiger charge is -2.34. The molecule has 37 heavy (non-hydrogen) atoms. The molecule has 1 aliphatic rings. The molecule has 2 aromatic carbocycles. The fourth-order valence-corrected chi connectivity index (χ4v) is 8.22. The summed E-state index contributed by atoms with van der Waals surface area (Å²) in [5.74, 6) is 0.224. The number of thiophene rings is 1. The first-order chi connectivity index (χ1) is 17.7. The summed E-state index contributed by atoms with van der Waals surface area (Å²) in [4.78, 5) is 19.3. The zero-order valence-electron chi connectivity index (χ0n) is 20.2. The molecule has 2 unspecified atom stereocenters. The molecule has 192 valence electrons. The second-order valence-electron chi connectivity index (χ2n) is 9.28. The second-order valence-corrected chi connectivity index (χ2v) is 14.1. The van der Waals surface area contributed by atoms with E-state index in [1.807, 2.05) is 35.7 Å². The molecule has 0 radical (unpaired) electrons. The number of fused-ring (bicyclic) bond motifs is 1. The summed E-state index contributed by atoms with van der Waals surface area (Å²) in [6.45, 7) is 5.16. The van der Waals surface area contributed by atoms with Gasteiger partial charge in [0.05, 0.1) is 21.3 Å². The molecule has 5 rings (SSSR count). The fourth-order valence-electron chi connectivity index (χ4n) is 4.49. The van der Waals surface area contributed by atoms with Crippen LogP contribution in [0.5, 0.6) is 0 Å². The number of carbonyl (C=O) groups excluding carboxylic acids is 1. The van der Waals surface area contributed by atoms with Crippen molar-refractivity contribution in [1.82, 2.24) is 9.29 Å². The van der Waals surface area contributed by atoms with Crippen LogP contribution in [0.2, 0.25) is 0 Å². The maximum atomic E-state index is 13.6. The van der Waals surface area contributed by atoms with Crippen molar-refractivity contribution >= 4 is 76.1 Å². The molecular formula is C26H25BrN4O3S3. The molecule has 4 aromatic rings. The van der Waals surface area contributed by atoms with E-state index in [1.54, 1.807) is 22.7 Å². The molecular weight excluding hydrogens is 592 g/mol. The van der Waals surface area contributed by atoms with Gasteiger partial charge in [-0.3, -0.25) is 4.79 Å². The first-order valence-electron chi connectivity index (χ1n) is 11.8. The average Bonchev–Trinajstić information content (AvgIpc) is 3.53. The fraction of sp³-hybridized carbons (Fsp3) is 0.269. The lowest BCUT2D eigenvalue weighted by Crippen LogP contribution is -2.42. The summed E-state index contributed by atoms with van der Waals surface area (Å²) in [7, 11) is -3.64. The number of aromatic nitrogens is 1. The number of rotatable bonds is 6. The average molecular weight is 618 g/mol. The Morgan fingerprint density at radius 2 is 1.86 bits per heavy atom. The first-order valence-corrected chi connectivity index (χ1v) is 15.7. The van der Waals surface area contributed by atoms with Gasteiger partial charge in [0.25, 0.3) is 5.91 Å². The van der Waals surface area contributed by atoms with Crippen molar-refractivity contribution in [2.24, 2.45) is 16.9 Å². The van der Waals surface area contributed by atoms with Gasteiger partial charge in [-0.2, -0.15) is 14.4 Å². The number of thiazole rings is 1. The van der Waals surface area contributed by atoms with Crippen LogP contribution < -0.4 is 5.01 Å². The highest BCUT2D eigenvalue weighted by Gasteiger charge is 2.32. The molecule has 1 saturated heterocycles. The highest BCUT2D eigenvalue weighted by Crippen LogP contribution is 2.32. The largest absolute Gasteiger partial charge is 0.280 e. The minimum atomic E-state index is -3.64. The molecule has 7 nitrogen and oxygen atoms in total. The molecule has 3 heterocycles. The summed E-state index contributed by atoms with van der Waals surface area (Å²) >= 11 is 6.35. The number of hydrogen-bond acceptors (Lipinski definition) is 7. The minimum Gasteiger partial charge on any atom is -0.267 e. The van der Waals surface area contributed by atoms with Gasteiger partial charge in [0.2, 0.25) is 15.2 Å². The SMILES string of the molecule is CC1CC(C)CN(S(=O)(=O)c2ccc(C(=O)N(/N=C/c3cccs3)c3nc4ccc(Br)cc4s3)cc2)C1. The lowest BCUT2D eigenvalue weighted by molar-refractivity contribution is 0.0987. The highest BCUT2D eigenvalue weighted by molar-refractivity contribution is 9.10. The Kier molecular flexibility index (Phi) is 7.60. The Hall–Kier alpha value is -2.44. The van der Waals surface area contributed by atoms with Crippen LogP contribution in [0.3, 0.4) is 0 Å². The van der Waals surface area contributed by atoms with Gasteiger partial charge in [0.1, 0.15) is 0 Å². The van der Waals surface area contributed by atoms with E-state index < -0.39 is 15.9 Å². The summed E-state index contributed by atoms with van der Waals surface area (Å²) in [6.07, 6.45) is 2.64. The molecule has 1 fully saturated rings. The number of piperidine rings is 1. The van der Waals surface area contributed by atoms with Crippen LogP contribution >= 0.6 is 38.6 Å². The zero-order chi connectivity index (χ0) is 26.2. The van der Waals surface area contributed by atoms with Crippen LogP contribution in [0.15, 0.2) is 74.4 Å². The third kappa shape index (κ3) is 5.70. The van der Waals surface area contributed by atoms with E-state index in [2.05, 4.69) is 39.9 Å². The van der Waals surface area contributed by atoms with Crippen LogP contribution in [0.1, 0.15) is 35.5 Å². The summed E-state index contributed by atoms with van der Waals surface area (Å²) in [6, 6.07) is 15.6. The number of amides is 1. The minimum absolute atomic E-state index is 0.184. The third-order valence-electron chi connectivity index (χ3n) is 6.13. The first kappa shape index (κ1) is 26.2. The third-order valence-corrected chi connectivity index (χ3v) is 10.3. The molecule has 2 atom stereocenters. The van der Waals surface area contributed by atoms with Crippen molar-refractivity contribution in [3.63, 3.8) is 0 Å². The van der Waals surface area contributed by atoms with Crippen LogP contribution in [0.4, 0.5) is 5.13 Å². The second kappa shape index (κ2) is 10.7. The molecule has 0 spiro atoms. The topological polar surface area (TPSA) is 82.9 Å². The van der Waals surface area contributed by atoms with Gasteiger partial charge in [0.15, 0.2) is 0 Å². The van der Waals surface area contributed by atoms with Crippen molar-refractivity contribution in [2.45, 2.75) is 25.2 Å². The van der Waals surface area contributed by atoms with Crippen molar-refractivity contribution in [3.05, 3.63) is 74.9 Å². The molecule has 2 aromatic heterocycles. The van der Waals surface area contributed by atoms with E-state index in [4.69, 9.17) is 0 Å². The maximum Gasteiger partial charge on any atom is 0.280 e. The maximum absolute atomic E-state index is 13.6. The van der Waals surface area contributed by atoms with Gasteiger partial charge >= 0.3 is 0 Å². The van der Waals surface area contributed by atoms with Gasteiger partial charge in [-0.05, 0) is 72.2 Å². The van der Waals surface area contributed by atoms with E-state index in [-0.39, 0.29) is 4.90 Å². The Morgan fingerprint density at radius 1 is 1.14 bits per heavy atom. The Balaban J connectivity index is 1.45. The number of anilines is 1. The van der Waals surface area contributed by atoms with Crippen LogP contribution in [0.25, 0.3) is 10.2 Å². The number of benzene rings is 2. The predicted octanol–water partition coefficient (Wildman–Crippen LogP) is 6.47. The van der Waals surface area contributed by atoms with Crippen LogP contribution in [-0.2, 0) is 10.0 Å². The number of halogens is 1.